The molecule has 1 saturated heterocycles. The number of piperidine rings is 1. The minimum Gasteiger partial charge on any atom is -0.354 e. The molecule has 1 aliphatic heterocycles. The maximum atomic E-state index is 10.5. The number of aromatic nitrogens is 2. The quantitative estimate of drug-likeness (QED) is 0.632. The fraction of sp³-hybridized carbons (Fsp3) is 0.692. The van der Waals surface area contributed by atoms with E-state index in [2.05, 4.69) is 27.1 Å². The van der Waals surface area contributed by atoms with Crippen molar-refractivity contribution in [2.45, 2.75) is 26.2 Å². The molecule has 0 atom stereocenters. The van der Waals surface area contributed by atoms with E-state index in [1.807, 2.05) is 0 Å². The summed E-state index contributed by atoms with van der Waals surface area (Å²) < 4.78 is 0. The van der Waals surface area contributed by atoms with Crippen LogP contribution in [0.4, 0.5) is 11.6 Å². The number of nitrogens with zero attached hydrogens (tertiary/aromatic N) is 4. The van der Waals surface area contributed by atoms with Gasteiger partial charge in [-0.3, -0.25) is 10.1 Å². The summed E-state index contributed by atoms with van der Waals surface area (Å²) in [6, 6.07) is 0. The number of rotatable bonds is 6. The van der Waals surface area contributed by atoms with Crippen LogP contribution in [0, 0.1) is 16.0 Å². The Kier molecular flexibility index (Phi) is 5.23. The van der Waals surface area contributed by atoms with E-state index in [9.17, 15) is 10.1 Å². The topological polar surface area (TPSA) is 84.2 Å². The summed E-state index contributed by atoms with van der Waals surface area (Å²) in [5.41, 5.74) is -0.0802. The van der Waals surface area contributed by atoms with Gasteiger partial charge < -0.3 is 10.2 Å². The summed E-state index contributed by atoms with van der Waals surface area (Å²) in [6.45, 7) is 6.53. The summed E-state index contributed by atoms with van der Waals surface area (Å²) in [5, 5.41) is 13.7. The largest absolute Gasteiger partial charge is 0.354 e. The van der Waals surface area contributed by atoms with E-state index < -0.39 is 4.92 Å². The van der Waals surface area contributed by atoms with Crippen molar-refractivity contribution in [2.75, 3.05) is 31.5 Å². The van der Waals surface area contributed by atoms with Gasteiger partial charge in [0, 0.05) is 6.54 Å². The molecule has 1 aromatic heterocycles. The van der Waals surface area contributed by atoms with E-state index >= 15 is 0 Å². The van der Waals surface area contributed by atoms with Crippen LogP contribution in [0.1, 0.15) is 26.2 Å². The zero-order valence-electron chi connectivity index (χ0n) is 11.8. The SMILES string of the molecule is CCCN1CCC(CNc2ncc([N+](=O)[O-])cn2)CC1. The first-order valence-corrected chi connectivity index (χ1v) is 7.11. The molecule has 0 amide bonds. The van der Waals surface area contributed by atoms with Crippen LogP contribution in [0.5, 0.6) is 0 Å². The predicted octanol–water partition coefficient (Wildman–Crippen LogP) is 1.92. The van der Waals surface area contributed by atoms with E-state index in [0.717, 1.165) is 19.6 Å². The fourth-order valence-corrected chi connectivity index (χ4v) is 2.47. The van der Waals surface area contributed by atoms with E-state index in [1.165, 1.54) is 38.2 Å². The van der Waals surface area contributed by atoms with E-state index in [0.29, 0.717) is 11.9 Å². The Hall–Kier alpha value is -1.76. The highest BCUT2D eigenvalue weighted by Gasteiger charge is 2.18. The standard InChI is InChI=1S/C13H21N5O2/c1-2-5-17-6-3-11(4-7-17)8-14-13-15-9-12(10-16-13)18(19)20/h9-11H,2-8H2,1H3,(H,14,15,16). The summed E-state index contributed by atoms with van der Waals surface area (Å²) in [7, 11) is 0. The molecule has 7 heteroatoms. The molecule has 110 valence electrons. The van der Waals surface area contributed by atoms with E-state index in [-0.39, 0.29) is 5.69 Å². The summed E-state index contributed by atoms with van der Waals surface area (Å²) >= 11 is 0. The van der Waals surface area contributed by atoms with Crippen molar-refractivity contribution in [2.24, 2.45) is 5.92 Å². The minimum absolute atomic E-state index is 0.0802. The summed E-state index contributed by atoms with van der Waals surface area (Å²) in [6.07, 6.45) is 6.04. The Morgan fingerprint density at radius 2 is 2.05 bits per heavy atom. The second kappa shape index (κ2) is 7.14. The predicted molar refractivity (Wildman–Crippen MR) is 76.6 cm³/mol. The van der Waals surface area contributed by atoms with Crippen LogP contribution < -0.4 is 5.32 Å². The Labute approximate surface area is 118 Å². The molecule has 2 rings (SSSR count). The van der Waals surface area contributed by atoms with E-state index in [1.54, 1.807) is 0 Å². The fourth-order valence-electron chi connectivity index (χ4n) is 2.47. The normalized spacial score (nSPS) is 17.1. The van der Waals surface area contributed by atoms with Gasteiger partial charge in [0.15, 0.2) is 0 Å². The molecule has 0 spiro atoms. The molecule has 1 aromatic rings. The minimum atomic E-state index is -0.493. The van der Waals surface area contributed by atoms with E-state index in [4.69, 9.17) is 0 Å². The zero-order chi connectivity index (χ0) is 14.4. The first kappa shape index (κ1) is 14.6. The average Bonchev–Trinajstić information content (AvgIpc) is 2.47. The molecule has 1 fully saturated rings. The highest BCUT2D eigenvalue weighted by Crippen LogP contribution is 2.17. The van der Waals surface area contributed by atoms with Gasteiger partial charge in [-0.05, 0) is 44.8 Å². The maximum Gasteiger partial charge on any atom is 0.305 e. The second-order valence-corrected chi connectivity index (χ2v) is 5.19. The summed E-state index contributed by atoms with van der Waals surface area (Å²) in [4.78, 5) is 20.4. The van der Waals surface area contributed by atoms with Gasteiger partial charge in [0.2, 0.25) is 5.95 Å². The molecular weight excluding hydrogens is 258 g/mol. The third-order valence-electron chi connectivity index (χ3n) is 3.64. The van der Waals surface area contributed by atoms with Crippen molar-refractivity contribution in [3.05, 3.63) is 22.5 Å². The Morgan fingerprint density at radius 1 is 1.40 bits per heavy atom. The Morgan fingerprint density at radius 3 is 2.60 bits per heavy atom. The lowest BCUT2D eigenvalue weighted by Gasteiger charge is -2.31. The third kappa shape index (κ3) is 4.12. The number of anilines is 1. The molecule has 0 saturated carbocycles. The average molecular weight is 279 g/mol. The summed E-state index contributed by atoms with van der Waals surface area (Å²) in [5.74, 6) is 1.09. The molecule has 2 heterocycles. The highest BCUT2D eigenvalue weighted by molar-refractivity contribution is 5.30. The van der Waals surface area contributed by atoms with Crippen LogP contribution >= 0.6 is 0 Å². The van der Waals surface area contributed by atoms with Gasteiger partial charge in [0.1, 0.15) is 12.4 Å². The molecule has 0 radical (unpaired) electrons. The smallest absolute Gasteiger partial charge is 0.305 e. The molecule has 0 bridgehead atoms. The number of hydrogen-bond acceptors (Lipinski definition) is 6. The van der Waals surface area contributed by atoms with Gasteiger partial charge in [-0.25, -0.2) is 9.97 Å². The molecule has 7 nitrogen and oxygen atoms in total. The van der Waals surface area contributed by atoms with Crippen molar-refractivity contribution in [1.29, 1.82) is 0 Å². The lowest BCUT2D eigenvalue weighted by Crippen LogP contribution is -2.36. The van der Waals surface area contributed by atoms with Crippen molar-refractivity contribution in [3.63, 3.8) is 0 Å². The van der Waals surface area contributed by atoms with Gasteiger partial charge >= 0.3 is 5.69 Å². The molecule has 1 aliphatic rings. The van der Waals surface area contributed by atoms with Crippen LogP contribution in [0.25, 0.3) is 0 Å². The first-order valence-electron chi connectivity index (χ1n) is 7.11. The van der Waals surface area contributed by atoms with Crippen molar-refractivity contribution in [1.82, 2.24) is 14.9 Å². The monoisotopic (exact) mass is 279 g/mol. The van der Waals surface area contributed by atoms with Crippen molar-refractivity contribution < 1.29 is 4.92 Å². The van der Waals surface area contributed by atoms with Gasteiger partial charge in [0.05, 0.1) is 4.92 Å². The molecule has 0 unspecified atom stereocenters. The van der Waals surface area contributed by atoms with Crippen LogP contribution in [0.15, 0.2) is 12.4 Å². The van der Waals surface area contributed by atoms with Gasteiger partial charge in [-0.1, -0.05) is 6.92 Å². The molecule has 20 heavy (non-hydrogen) atoms. The van der Waals surface area contributed by atoms with Crippen LogP contribution in [0.3, 0.4) is 0 Å². The Bertz CT molecular complexity index is 429. The molecule has 0 aromatic carbocycles. The molecular formula is C13H21N5O2. The molecule has 1 N–H and O–H groups in total. The first-order chi connectivity index (χ1) is 9.69. The zero-order valence-corrected chi connectivity index (χ0v) is 11.8. The highest BCUT2D eigenvalue weighted by atomic mass is 16.6. The van der Waals surface area contributed by atoms with Crippen LogP contribution in [-0.4, -0.2) is 46.0 Å². The second-order valence-electron chi connectivity index (χ2n) is 5.19. The van der Waals surface area contributed by atoms with Gasteiger partial charge in [0.25, 0.3) is 0 Å². The lowest BCUT2D eigenvalue weighted by atomic mass is 9.97. The number of nitrogens with one attached hydrogen (secondary N) is 1. The van der Waals surface area contributed by atoms with Gasteiger partial charge in [-0.15, -0.1) is 0 Å². The van der Waals surface area contributed by atoms with Crippen molar-refractivity contribution in [3.8, 4) is 0 Å². The third-order valence-corrected chi connectivity index (χ3v) is 3.64. The number of likely N-dealkylation sites (tertiary alicyclic amines) is 1. The number of nitro groups is 1. The molecule has 0 aliphatic carbocycles. The van der Waals surface area contributed by atoms with Gasteiger partial charge in [-0.2, -0.15) is 0 Å². The number of hydrogen-bond donors (Lipinski definition) is 1. The van der Waals surface area contributed by atoms with Crippen LogP contribution in [0.2, 0.25) is 0 Å². The lowest BCUT2D eigenvalue weighted by molar-refractivity contribution is -0.385. The maximum absolute atomic E-state index is 10.5. The van der Waals surface area contributed by atoms with Crippen LogP contribution in [-0.2, 0) is 0 Å². The Balaban J connectivity index is 1.74. The van der Waals surface area contributed by atoms with Crippen molar-refractivity contribution >= 4 is 11.6 Å².